The van der Waals surface area contributed by atoms with Crippen molar-refractivity contribution in [2.24, 2.45) is 16.7 Å². The van der Waals surface area contributed by atoms with Gasteiger partial charge in [-0.05, 0) is 47.4 Å². The summed E-state index contributed by atoms with van der Waals surface area (Å²) in [6, 6.07) is 6.64. The van der Waals surface area contributed by atoms with Gasteiger partial charge < -0.3 is 0 Å². The Bertz CT molecular complexity index is 698. The second-order valence-corrected chi connectivity index (χ2v) is 8.68. The predicted octanol–water partition coefficient (Wildman–Crippen LogP) is 2.83. The Morgan fingerprint density at radius 3 is 2.24 bits per heavy atom. The Morgan fingerprint density at radius 1 is 1.24 bits per heavy atom. The van der Waals surface area contributed by atoms with Crippen LogP contribution >= 0.6 is 0 Å². The summed E-state index contributed by atoms with van der Waals surface area (Å²) in [4.78, 5) is 0.248. The number of hydrogen-bond acceptors (Lipinski definition) is 3. The molecule has 1 saturated carbocycles. The highest BCUT2D eigenvalue weighted by atomic mass is 32.2. The Labute approximate surface area is 127 Å². The summed E-state index contributed by atoms with van der Waals surface area (Å²) in [5.41, 5.74) is 1.36. The molecule has 0 bridgehead atoms. The van der Waals surface area contributed by atoms with Gasteiger partial charge in [0.15, 0.2) is 0 Å². The van der Waals surface area contributed by atoms with Crippen LogP contribution in [0.4, 0.5) is 0 Å². The van der Waals surface area contributed by atoms with Gasteiger partial charge in [0.05, 0.1) is 16.5 Å². The van der Waals surface area contributed by atoms with E-state index in [0.29, 0.717) is 23.6 Å². The maximum atomic E-state index is 12.4. The highest BCUT2D eigenvalue weighted by Gasteiger charge is 2.64. The van der Waals surface area contributed by atoms with Crippen molar-refractivity contribution in [1.29, 1.82) is 5.26 Å². The second-order valence-electron chi connectivity index (χ2n) is 6.94. The molecule has 2 rings (SSSR count). The van der Waals surface area contributed by atoms with E-state index < -0.39 is 10.0 Å². The van der Waals surface area contributed by atoms with Crippen molar-refractivity contribution in [2.75, 3.05) is 6.54 Å². The molecule has 0 heterocycles. The molecule has 5 heteroatoms. The van der Waals surface area contributed by atoms with Gasteiger partial charge in [0.2, 0.25) is 10.0 Å². The summed E-state index contributed by atoms with van der Waals surface area (Å²) in [5, 5.41) is 8.84. The van der Waals surface area contributed by atoms with Crippen LogP contribution in [0, 0.1) is 35.0 Å². The zero-order chi connectivity index (χ0) is 16.1. The summed E-state index contributed by atoms with van der Waals surface area (Å²) in [6.45, 7) is 10.8. The monoisotopic (exact) mass is 306 g/mol. The van der Waals surface area contributed by atoms with Gasteiger partial charge in [-0.25, -0.2) is 13.1 Å². The van der Waals surface area contributed by atoms with Gasteiger partial charge in [-0.3, -0.25) is 0 Å². The number of nitrogens with one attached hydrogen (secondary N) is 1. The SMILES string of the molecule is Cc1cc(C#N)ccc1S(=O)(=O)NCC1C(C)(C)C1(C)C. The molecule has 0 spiro atoms. The van der Waals surface area contributed by atoms with E-state index in [0.717, 1.165) is 0 Å². The van der Waals surface area contributed by atoms with E-state index in [-0.39, 0.29) is 15.7 Å². The lowest BCUT2D eigenvalue weighted by Gasteiger charge is -2.10. The normalized spacial score (nSPS) is 20.0. The number of nitrogens with zero attached hydrogens (tertiary/aromatic N) is 1. The Hall–Kier alpha value is -1.38. The molecule has 0 radical (unpaired) electrons. The average molecular weight is 306 g/mol. The van der Waals surface area contributed by atoms with Gasteiger partial charge in [-0.1, -0.05) is 27.7 Å². The highest BCUT2D eigenvalue weighted by Crippen LogP contribution is 2.67. The number of benzene rings is 1. The van der Waals surface area contributed by atoms with Crippen LogP contribution in [-0.4, -0.2) is 15.0 Å². The highest BCUT2D eigenvalue weighted by molar-refractivity contribution is 7.89. The Morgan fingerprint density at radius 2 is 1.81 bits per heavy atom. The molecule has 1 fully saturated rings. The van der Waals surface area contributed by atoms with E-state index in [1.165, 1.54) is 12.1 Å². The van der Waals surface area contributed by atoms with Crippen LogP contribution in [0.3, 0.4) is 0 Å². The van der Waals surface area contributed by atoms with Gasteiger partial charge in [0.25, 0.3) is 0 Å². The third-order valence-electron chi connectivity index (χ3n) is 5.39. The first kappa shape index (κ1) is 16.0. The Balaban J connectivity index is 2.16. The maximum Gasteiger partial charge on any atom is 0.240 e. The largest absolute Gasteiger partial charge is 0.240 e. The van der Waals surface area contributed by atoms with Gasteiger partial charge in [0, 0.05) is 6.54 Å². The van der Waals surface area contributed by atoms with Gasteiger partial charge in [0.1, 0.15) is 0 Å². The molecule has 0 aromatic heterocycles. The fourth-order valence-corrected chi connectivity index (χ4v) is 4.41. The fraction of sp³-hybridized carbons (Fsp3) is 0.562. The predicted molar refractivity (Wildman–Crippen MR) is 82.1 cm³/mol. The van der Waals surface area contributed by atoms with Crippen molar-refractivity contribution in [3.63, 3.8) is 0 Å². The van der Waals surface area contributed by atoms with Crippen LogP contribution in [0.1, 0.15) is 38.8 Å². The molecule has 1 aromatic rings. The summed E-state index contributed by atoms with van der Waals surface area (Å²) in [6.07, 6.45) is 0. The molecule has 0 amide bonds. The quantitative estimate of drug-likeness (QED) is 0.930. The first-order chi connectivity index (χ1) is 9.54. The molecule has 0 saturated heterocycles. The average Bonchev–Trinajstić information content (AvgIpc) is 2.76. The molecule has 4 nitrogen and oxygen atoms in total. The third-order valence-corrected chi connectivity index (χ3v) is 6.97. The van der Waals surface area contributed by atoms with Crippen LogP contribution in [-0.2, 0) is 10.0 Å². The standard InChI is InChI=1S/C16H22N2O2S/c1-11-8-12(9-17)6-7-13(11)21(19,20)18-10-14-15(2,3)16(14,4)5/h6-8,14,18H,10H2,1-5H3. The molecule has 21 heavy (non-hydrogen) atoms. The van der Waals surface area contributed by atoms with E-state index in [1.807, 2.05) is 6.07 Å². The van der Waals surface area contributed by atoms with Crippen molar-refractivity contribution in [3.8, 4) is 6.07 Å². The zero-order valence-electron chi connectivity index (χ0n) is 13.2. The molecule has 1 aromatic carbocycles. The number of nitriles is 1. The molecule has 1 N–H and O–H groups in total. The van der Waals surface area contributed by atoms with E-state index in [9.17, 15) is 8.42 Å². The smallest absolute Gasteiger partial charge is 0.211 e. The van der Waals surface area contributed by atoms with Crippen molar-refractivity contribution in [3.05, 3.63) is 29.3 Å². The summed E-state index contributed by atoms with van der Waals surface area (Å²) >= 11 is 0. The molecule has 114 valence electrons. The van der Waals surface area contributed by atoms with Gasteiger partial charge >= 0.3 is 0 Å². The Kier molecular flexibility index (Phi) is 3.67. The lowest BCUT2D eigenvalue weighted by Crippen LogP contribution is -2.28. The van der Waals surface area contributed by atoms with Gasteiger partial charge in [-0.2, -0.15) is 5.26 Å². The number of rotatable bonds is 4. The van der Waals surface area contributed by atoms with Crippen molar-refractivity contribution in [1.82, 2.24) is 4.72 Å². The molecule has 1 aliphatic carbocycles. The molecular formula is C16H22N2O2S. The number of sulfonamides is 1. The van der Waals surface area contributed by atoms with Crippen molar-refractivity contribution < 1.29 is 8.42 Å². The fourth-order valence-electron chi connectivity index (χ4n) is 3.13. The minimum Gasteiger partial charge on any atom is -0.211 e. The molecule has 1 aliphatic rings. The minimum atomic E-state index is -3.53. The number of hydrogen-bond donors (Lipinski definition) is 1. The minimum absolute atomic E-state index is 0.148. The second kappa shape index (κ2) is 4.82. The zero-order valence-corrected chi connectivity index (χ0v) is 14.0. The topological polar surface area (TPSA) is 70.0 Å². The van der Waals surface area contributed by atoms with Crippen molar-refractivity contribution >= 4 is 10.0 Å². The van der Waals surface area contributed by atoms with Crippen LogP contribution < -0.4 is 4.72 Å². The van der Waals surface area contributed by atoms with E-state index in [4.69, 9.17) is 5.26 Å². The summed E-state index contributed by atoms with van der Waals surface area (Å²) in [5.74, 6) is 0.332. The third kappa shape index (κ3) is 2.58. The first-order valence-corrected chi connectivity index (χ1v) is 8.53. The lowest BCUT2D eigenvalue weighted by molar-refractivity contribution is 0.457. The summed E-state index contributed by atoms with van der Waals surface area (Å²) in [7, 11) is -3.53. The van der Waals surface area contributed by atoms with E-state index >= 15 is 0 Å². The summed E-state index contributed by atoms with van der Waals surface area (Å²) < 4.78 is 27.5. The van der Waals surface area contributed by atoms with Crippen LogP contribution in [0.15, 0.2) is 23.1 Å². The maximum absolute atomic E-state index is 12.4. The lowest BCUT2D eigenvalue weighted by atomic mass is 10.0. The van der Waals surface area contributed by atoms with Crippen LogP contribution in [0.2, 0.25) is 0 Å². The van der Waals surface area contributed by atoms with Crippen LogP contribution in [0.25, 0.3) is 0 Å². The molecule has 0 atom stereocenters. The van der Waals surface area contributed by atoms with E-state index in [1.54, 1.807) is 13.0 Å². The number of aryl methyl sites for hydroxylation is 1. The molecule has 0 unspecified atom stereocenters. The van der Waals surface area contributed by atoms with E-state index in [2.05, 4.69) is 32.4 Å². The first-order valence-electron chi connectivity index (χ1n) is 7.04. The molecule has 0 aliphatic heterocycles. The van der Waals surface area contributed by atoms with Crippen molar-refractivity contribution in [2.45, 2.75) is 39.5 Å². The van der Waals surface area contributed by atoms with Crippen LogP contribution in [0.5, 0.6) is 0 Å². The molecular weight excluding hydrogens is 284 g/mol. The van der Waals surface area contributed by atoms with Gasteiger partial charge in [-0.15, -0.1) is 0 Å².